The number of rotatable bonds is 4. The Bertz CT molecular complexity index is 3990. The topological polar surface area (TPSA) is 30.7 Å². The monoisotopic (exact) mass is 851 g/mol. The van der Waals surface area contributed by atoms with Crippen molar-refractivity contribution in [1.29, 1.82) is 0 Å². The number of fused-ring (bicyclic) bond motifs is 14. The summed E-state index contributed by atoms with van der Waals surface area (Å²) in [7, 11) is 0. The minimum atomic E-state index is 0.676. The lowest BCUT2D eigenvalue weighted by atomic mass is 9.97. The summed E-state index contributed by atoms with van der Waals surface area (Å²) in [6.45, 7) is 4.26. The maximum Gasteiger partial charge on any atom is 0.160 e. The first-order valence-corrected chi connectivity index (χ1v) is 23.3. The van der Waals surface area contributed by atoms with Gasteiger partial charge in [-0.25, -0.2) is 9.97 Å². The fraction of sp³-hybridized carbons (Fsp3) is 0.0169. The van der Waals surface area contributed by atoms with Gasteiger partial charge in [-0.2, -0.15) is 0 Å². The lowest BCUT2D eigenvalue weighted by molar-refractivity contribution is 1.05. The maximum absolute atomic E-state index is 5.42. The van der Waals surface area contributed by atoms with E-state index in [2.05, 4.69) is 199 Å². The second-order valence-corrected chi connectivity index (χ2v) is 18.7. The highest BCUT2D eigenvalue weighted by molar-refractivity contribution is 7.27. The highest BCUT2D eigenvalue weighted by Gasteiger charge is 2.23. The summed E-state index contributed by atoms with van der Waals surface area (Å²) in [6.07, 6.45) is 13.2. The minimum Gasteiger partial charge on any atom is -0.308 e. The molecule has 13 rings (SSSR count). The van der Waals surface area contributed by atoms with Crippen molar-refractivity contribution in [3.63, 3.8) is 0 Å². The van der Waals surface area contributed by atoms with Gasteiger partial charge in [0, 0.05) is 75.2 Å². The molecule has 8 aromatic carbocycles. The molecule has 0 amide bonds. The molecule has 0 spiro atoms. The molecule has 1 aliphatic rings. The van der Waals surface area contributed by atoms with E-state index >= 15 is 0 Å². The molecule has 12 aromatic rings. The Morgan fingerprint density at radius 2 is 1.14 bits per heavy atom. The number of benzene rings is 8. The molecule has 0 N–H and O–H groups in total. The summed E-state index contributed by atoms with van der Waals surface area (Å²) < 4.78 is 7.64. The molecule has 5 heteroatoms. The van der Waals surface area contributed by atoms with Crippen molar-refractivity contribution in [1.82, 2.24) is 14.5 Å². The van der Waals surface area contributed by atoms with Gasteiger partial charge in [-0.1, -0.05) is 158 Å². The molecule has 64 heavy (non-hydrogen) atoms. The van der Waals surface area contributed by atoms with Crippen LogP contribution in [0.2, 0.25) is 0 Å². The van der Waals surface area contributed by atoms with E-state index < -0.39 is 0 Å². The lowest BCUT2D eigenvalue weighted by Gasteiger charge is -2.14. The Morgan fingerprint density at radius 3 is 1.98 bits per heavy atom. The average molecular weight is 852 g/mol. The lowest BCUT2D eigenvalue weighted by Crippen LogP contribution is -2.03. The van der Waals surface area contributed by atoms with Crippen molar-refractivity contribution >= 4 is 102 Å². The van der Waals surface area contributed by atoms with E-state index in [9.17, 15) is 0 Å². The first-order chi connectivity index (χ1) is 31.6. The summed E-state index contributed by atoms with van der Waals surface area (Å²) >= 11 is 3.74. The molecule has 4 aromatic heterocycles. The van der Waals surface area contributed by atoms with Crippen LogP contribution in [-0.2, 0) is 6.42 Å². The molecule has 300 valence electrons. The van der Waals surface area contributed by atoms with E-state index in [1.807, 2.05) is 34.8 Å². The highest BCUT2D eigenvalue weighted by Crippen LogP contribution is 2.48. The predicted molar refractivity (Wildman–Crippen MR) is 276 cm³/mol. The van der Waals surface area contributed by atoms with Gasteiger partial charge in [0.05, 0.1) is 27.1 Å². The predicted octanol–water partition coefficient (Wildman–Crippen LogP) is 16.7. The number of para-hydroxylation sites is 1. The normalized spacial score (nSPS) is 14.6. The Balaban J connectivity index is 1.01. The van der Waals surface area contributed by atoms with E-state index in [1.165, 1.54) is 84.0 Å². The van der Waals surface area contributed by atoms with Crippen molar-refractivity contribution in [2.24, 2.45) is 0 Å². The van der Waals surface area contributed by atoms with Crippen LogP contribution in [0.15, 0.2) is 206 Å². The van der Waals surface area contributed by atoms with E-state index in [-0.39, 0.29) is 0 Å². The third-order valence-corrected chi connectivity index (χ3v) is 15.1. The molecule has 4 heterocycles. The van der Waals surface area contributed by atoms with E-state index in [4.69, 9.17) is 9.97 Å². The molecule has 0 saturated heterocycles. The summed E-state index contributed by atoms with van der Waals surface area (Å²) in [5.74, 6) is 0.716. The third kappa shape index (κ3) is 5.86. The number of aromatic nitrogens is 3. The Labute approximate surface area is 377 Å². The zero-order valence-electron chi connectivity index (χ0n) is 34.6. The van der Waals surface area contributed by atoms with Crippen molar-refractivity contribution in [2.45, 2.75) is 6.42 Å². The molecule has 0 radical (unpaired) electrons. The van der Waals surface area contributed by atoms with Gasteiger partial charge in [-0.15, -0.1) is 22.7 Å². The first-order valence-electron chi connectivity index (χ1n) is 21.6. The molecule has 0 bridgehead atoms. The number of allylic oxidation sites excluding steroid dienone is 6. The van der Waals surface area contributed by atoms with Crippen molar-refractivity contribution in [3.8, 4) is 39.5 Å². The van der Waals surface area contributed by atoms with Crippen LogP contribution in [0.1, 0.15) is 11.3 Å². The van der Waals surface area contributed by atoms with Gasteiger partial charge in [0.2, 0.25) is 0 Å². The first kappa shape index (κ1) is 36.9. The fourth-order valence-electron chi connectivity index (χ4n) is 9.77. The van der Waals surface area contributed by atoms with Crippen LogP contribution in [0.5, 0.6) is 0 Å². The summed E-state index contributed by atoms with van der Waals surface area (Å²) in [5.41, 5.74) is 11.8. The third-order valence-electron chi connectivity index (χ3n) is 12.7. The van der Waals surface area contributed by atoms with Crippen LogP contribution < -0.4 is 0 Å². The van der Waals surface area contributed by atoms with Gasteiger partial charge in [0.1, 0.15) is 0 Å². The second kappa shape index (κ2) is 14.7. The van der Waals surface area contributed by atoms with Crippen LogP contribution in [-0.4, -0.2) is 14.5 Å². The second-order valence-electron chi connectivity index (χ2n) is 16.5. The maximum atomic E-state index is 5.42. The molecule has 3 nitrogen and oxygen atoms in total. The Morgan fingerprint density at radius 1 is 0.484 bits per heavy atom. The molecule has 1 aliphatic carbocycles. The zero-order valence-corrected chi connectivity index (χ0v) is 36.3. The largest absolute Gasteiger partial charge is 0.308 e. The van der Waals surface area contributed by atoms with Gasteiger partial charge in [0.15, 0.2) is 5.82 Å². The zero-order chi connectivity index (χ0) is 42.3. The fourth-order valence-corrected chi connectivity index (χ4v) is 12.1. The highest BCUT2D eigenvalue weighted by atomic mass is 32.1. The van der Waals surface area contributed by atoms with Crippen LogP contribution in [0, 0.1) is 0 Å². The standard InChI is InChI=1S/C59H37N3S2/c1-36-14-4-2-7-21-49-44(31-24-36)56(39-27-25-38(26-28-39)37-15-5-3-6-16-37)61-59(60-49)40-29-32-52-47(34-40)48-35-41(30-33-53(48)63-52)62-50-22-12-10-19-45(50)54-42-17-8-9-18-43(42)55-46-20-11-13-23-51(46)64-58(55)57(54)62/h2-20,22-35H,1,21H2/b7-2-,14-4-,31-24-. The summed E-state index contributed by atoms with van der Waals surface area (Å²) in [5, 5.41) is 10.2. The molecule has 0 aliphatic heterocycles. The van der Waals surface area contributed by atoms with E-state index in [0.29, 0.717) is 12.2 Å². The van der Waals surface area contributed by atoms with Gasteiger partial charge >= 0.3 is 0 Å². The van der Waals surface area contributed by atoms with Gasteiger partial charge in [-0.3, -0.25) is 0 Å². The molecular weight excluding hydrogens is 815 g/mol. The van der Waals surface area contributed by atoms with Crippen LogP contribution in [0.25, 0.3) is 118 Å². The quantitative estimate of drug-likeness (QED) is 0.177. The summed E-state index contributed by atoms with van der Waals surface area (Å²) in [6, 6.07) is 59.8. The Kier molecular flexibility index (Phi) is 8.48. The summed E-state index contributed by atoms with van der Waals surface area (Å²) in [4.78, 5) is 10.8. The van der Waals surface area contributed by atoms with Gasteiger partial charge in [-0.05, 0) is 76.0 Å². The van der Waals surface area contributed by atoms with Gasteiger partial charge in [0.25, 0.3) is 0 Å². The molecule has 0 unspecified atom stereocenters. The van der Waals surface area contributed by atoms with E-state index in [0.717, 1.165) is 39.3 Å². The molecule has 0 atom stereocenters. The van der Waals surface area contributed by atoms with Crippen LogP contribution in [0.3, 0.4) is 0 Å². The number of hydrogen-bond acceptors (Lipinski definition) is 4. The molecule has 0 fully saturated rings. The van der Waals surface area contributed by atoms with Crippen LogP contribution >= 0.6 is 22.7 Å². The average Bonchev–Trinajstić information content (AvgIpc) is 4.03. The van der Waals surface area contributed by atoms with Crippen molar-refractivity contribution in [2.75, 3.05) is 0 Å². The van der Waals surface area contributed by atoms with E-state index in [1.54, 1.807) is 0 Å². The number of thiophene rings is 2. The smallest absolute Gasteiger partial charge is 0.160 e. The van der Waals surface area contributed by atoms with Crippen LogP contribution in [0.4, 0.5) is 0 Å². The van der Waals surface area contributed by atoms with Gasteiger partial charge < -0.3 is 4.57 Å². The number of hydrogen-bond donors (Lipinski definition) is 0. The SMILES string of the molecule is C=C1/C=C\C=C/Cc2nc(-c3ccc4sc5ccc(-n6c7ccccc7c7c8ccccc8c8c9ccccc9sc8c76)cc5c4c3)nc(-c3ccc(-c4ccccc4)cc3)c2/C=C\1. The Hall–Kier alpha value is -7.70. The molecule has 0 saturated carbocycles. The minimum absolute atomic E-state index is 0.676. The van der Waals surface area contributed by atoms with Crippen molar-refractivity contribution in [3.05, 3.63) is 218 Å². The van der Waals surface area contributed by atoms with Crippen molar-refractivity contribution < 1.29 is 0 Å². The number of nitrogens with zero attached hydrogens (tertiary/aromatic N) is 3. The molecular formula is C59H37N3S2.